The first kappa shape index (κ1) is 12.2. The van der Waals surface area contributed by atoms with Crippen molar-refractivity contribution >= 4 is 28.3 Å². The van der Waals surface area contributed by atoms with Crippen LogP contribution in [-0.4, -0.2) is 25.5 Å². The summed E-state index contributed by atoms with van der Waals surface area (Å²) in [6, 6.07) is 7.38. The molecule has 1 aromatic carbocycles. The summed E-state index contributed by atoms with van der Waals surface area (Å²) in [6.45, 7) is 1.91. The quantitative estimate of drug-likeness (QED) is 0.677. The van der Waals surface area contributed by atoms with E-state index in [2.05, 4.69) is 10.2 Å². The third kappa shape index (κ3) is 1.99. The van der Waals surface area contributed by atoms with E-state index in [-0.39, 0.29) is 12.5 Å². The molecule has 0 saturated heterocycles. The second-order valence-electron chi connectivity index (χ2n) is 4.63. The third-order valence-electron chi connectivity index (χ3n) is 3.09. The van der Waals surface area contributed by atoms with Gasteiger partial charge in [-0.2, -0.15) is 9.90 Å². The fourth-order valence-electron chi connectivity index (χ4n) is 2.28. The van der Waals surface area contributed by atoms with Gasteiger partial charge in [0.25, 0.3) is 5.91 Å². The predicted octanol–water partition coefficient (Wildman–Crippen LogP) is 1.05. The number of hydrogen-bond donors (Lipinski definition) is 2. The van der Waals surface area contributed by atoms with Crippen LogP contribution in [0.1, 0.15) is 10.5 Å². The minimum Gasteiger partial charge on any atom is -0.399 e. The summed E-state index contributed by atoms with van der Waals surface area (Å²) < 4.78 is 1.63. The summed E-state index contributed by atoms with van der Waals surface area (Å²) >= 11 is 0. The first-order valence-electron chi connectivity index (χ1n) is 6.11. The van der Waals surface area contributed by atoms with E-state index in [1.165, 1.54) is 11.0 Å². The Bertz CT molecular complexity index is 800. The molecular weight excluding hydrogens is 256 g/mol. The molecule has 0 amide bonds. The third-order valence-corrected chi connectivity index (χ3v) is 3.09. The van der Waals surface area contributed by atoms with Crippen LogP contribution in [0.2, 0.25) is 0 Å². The maximum atomic E-state index is 12.4. The Hall–Kier alpha value is -2.83. The van der Waals surface area contributed by atoms with E-state index in [4.69, 9.17) is 11.5 Å². The number of hydrogen-bond acceptors (Lipinski definition) is 5. The monoisotopic (exact) mass is 270 g/mol. The Morgan fingerprint density at radius 3 is 2.80 bits per heavy atom. The fraction of sp³-hybridized carbons (Fsp3) is 0.154. The van der Waals surface area contributed by atoms with E-state index in [1.54, 1.807) is 10.6 Å². The van der Waals surface area contributed by atoms with Crippen molar-refractivity contribution in [2.75, 3.05) is 11.5 Å². The average Bonchev–Trinajstić information content (AvgIpc) is 2.91. The standard InChI is InChI=1S/C13H14N6O/c1-8-4-9-5-10(14)2-3-11(9)19(8)13(20)7-18-16-6-12(15)17-18/h2-6H,7,14H2,1H3,(H2,15,17). The average molecular weight is 270 g/mol. The smallest absolute Gasteiger partial charge is 0.254 e. The highest BCUT2D eigenvalue weighted by atomic mass is 16.2. The SMILES string of the molecule is Cc1cc2cc(N)ccc2n1C(=O)Cn1ncc(N)n1. The summed E-state index contributed by atoms with van der Waals surface area (Å²) in [7, 11) is 0. The highest BCUT2D eigenvalue weighted by Gasteiger charge is 2.14. The van der Waals surface area contributed by atoms with Gasteiger partial charge in [0.15, 0.2) is 5.82 Å². The zero-order chi connectivity index (χ0) is 14.3. The summed E-state index contributed by atoms with van der Waals surface area (Å²) in [5.74, 6) is 0.164. The van der Waals surface area contributed by atoms with Gasteiger partial charge < -0.3 is 11.5 Å². The number of aromatic nitrogens is 4. The number of nitrogens with zero attached hydrogens (tertiary/aromatic N) is 4. The molecule has 0 aliphatic carbocycles. The zero-order valence-corrected chi connectivity index (χ0v) is 10.9. The molecule has 102 valence electrons. The molecule has 7 heteroatoms. The molecule has 0 atom stereocenters. The lowest BCUT2D eigenvalue weighted by Crippen LogP contribution is -2.20. The van der Waals surface area contributed by atoms with E-state index in [9.17, 15) is 4.79 Å². The number of anilines is 2. The number of nitrogens with two attached hydrogens (primary N) is 2. The van der Waals surface area contributed by atoms with Crippen molar-refractivity contribution in [3.05, 3.63) is 36.2 Å². The maximum Gasteiger partial charge on any atom is 0.254 e. The van der Waals surface area contributed by atoms with E-state index >= 15 is 0 Å². The highest BCUT2D eigenvalue weighted by Crippen LogP contribution is 2.22. The number of carbonyl (C=O) groups is 1. The van der Waals surface area contributed by atoms with Gasteiger partial charge in [-0.1, -0.05) is 0 Å². The van der Waals surface area contributed by atoms with Crippen molar-refractivity contribution in [3.63, 3.8) is 0 Å². The number of nitrogen functional groups attached to an aromatic ring is 2. The van der Waals surface area contributed by atoms with E-state index < -0.39 is 0 Å². The van der Waals surface area contributed by atoms with Crippen LogP contribution in [0.3, 0.4) is 0 Å². The van der Waals surface area contributed by atoms with Gasteiger partial charge in [-0.05, 0) is 31.2 Å². The van der Waals surface area contributed by atoms with Gasteiger partial charge >= 0.3 is 0 Å². The van der Waals surface area contributed by atoms with Crippen molar-refractivity contribution in [1.82, 2.24) is 19.6 Å². The summed E-state index contributed by atoms with van der Waals surface area (Å²) in [4.78, 5) is 13.7. The molecule has 0 saturated carbocycles. The van der Waals surface area contributed by atoms with E-state index in [1.807, 2.05) is 25.1 Å². The second-order valence-corrected chi connectivity index (χ2v) is 4.63. The maximum absolute atomic E-state index is 12.4. The number of carbonyl (C=O) groups excluding carboxylic acids is 1. The minimum atomic E-state index is -0.127. The van der Waals surface area contributed by atoms with E-state index in [0.717, 1.165) is 16.6 Å². The van der Waals surface area contributed by atoms with Crippen LogP contribution in [0.25, 0.3) is 10.9 Å². The molecule has 0 bridgehead atoms. The van der Waals surface area contributed by atoms with Crippen LogP contribution in [0.5, 0.6) is 0 Å². The van der Waals surface area contributed by atoms with Crippen LogP contribution in [0, 0.1) is 6.92 Å². The number of rotatable bonds is 2. The Kier molecular flexibility index (Phi) is 2.67. The molecule has 0 aliphatic heterocycles. The molecule has 0 spiro atoms. The van der Waals surface area contributed by atoms with Gasteiger partial charge in [0.05, 0.1) is 11.7 Å². The zero-order valence-electron chi connectivity index (χ0n) is 10.9. The van der Waals surface area contributed by atoms with Crippen molar-refractivity contribution in [3.8, 4) is 0 Å². The lowest BCUT2D eigenvalue weighted by Gasteiger charge is -2.06. The van der Waals surface area contributed by atoms with Crippen LogP contribution in [-0.2, 0) is 6.54 Å². The minimum absolute atomic E-state index is 0.0339. The summed E-state index contributed by atoms with van der Waals surface area (Å²) in [5, 5.41) is 8.76. The molecule has 3 aromatic rings. The number of benzene rings is 1. The van der Waals surface area contributed by atoms with Gasteiger partial charge in [-0.25, -0.2) is 0 Å². The molecule has 0 aliphatic rings. The van der Waals surface area contributed by atoms with Crippen molar-refractivity contribution in [1.29, 1.82) is 0 Å². The molecule has 0 unspecified atom stereocenters. The molecule has 0 fully saturated rings. The van der Waals surface area contributed by atoms with Crippen molar-refractivity contribution in [2.45, 2.75) is 13.5 Å². The first-order chi connectivity index (χ1) is 9.54. The van der Waals surface area contributed by atoms with Gasteiger partial charge in [0, 0.05) is 16.8 Å². The molecule has 7 nitrogen and oxygen atoms in total. The lowest BCUT2D eigenvalue weighted by atomic mass is 10.2. The van der Waals surface area contributed by atoms with Gasteiger partial charge in [0.1, 0.15) is 6.54 Å². The van der Waals surface area contributed by atoms with Crippen LogP contribution < -0.4 is 11.5 Å². The van der Waals surface area contributed by atoms with Gasteiger partial charge in [-0.15, -0.1) is 5.10 Å². The molecule has 2 heterocycles. The Morgan fingerprint density at radius 1 is 1.30 bits per heavy atom. The molecule has 0 radical (unpaired) electrons. The molecule has 20 heavy (non-hydrogen) atoms. The number of fused-ring (bicyclic) bond motifs is 1. The first-order valence-corrected chi connectivity index (χ1v) is 6.11. The summed E-state index contributed by atoms with van der Waals surface area (Å²) in [5.41, 5.74) is 13.6. The largest absolute Gasteiger partial charge is 0.399 e. The predicted molar refractivity (Wildman–Crippen MR) is 76.1 cm³/mol. The van der Waals surface area contributed by atoms with Crippen LogP contribution in [0.15, 0.2) is 30.5 Å². The fourth-order valence-corrected chi connectivity index (χ4v) is 2.28. The molecule has 2 aromatic heterocycles. The van der Waals surface area contributed by atoms with E-state index in [0.29, 0.717) is 11.5 Å². The lowest BCUT2D eigenvalue weighted by molar-refractivity contribution is 0.0884. The summed E-state index contributed by atoms with van der Waals surface area (Å²) in [6.07, 6.45) is 1.41. The molecule has 4 N–H and O–H groups in total. The van der Waals surface area contributed by atoms with Crippen molar-refractivity contribution in [2.24, 2.45) is 0 Å². The number of aryl methyl sites for hydroxylation is 1. The second kappa shape index (κ2) is 4.37. The Balaban J connectivity index is 2.01. The Morgan fingerprint density at radius 2 is 2.10 bits per heavy atom. The van der Waals surface area contributed by atoms with Crippen LogP contribution >= 0.6 is 0 Å². The molecular formula is C13H14N6O. The topological polar surface area (TPSA) is 105 Å². The van der Waals surface area contributed by atoms with Crippen molar-refractivity contribution < 1.29 is 4.79 Å². The van der Waals surface area contributed by atoms with Crippen LogP contribution in [0.4, 0.5) is 11.5 Å². The van der Waals surface area contributed by atoms with Gasteiger partial charge in [-0.3, -0.25) is 9.36 Å². The highest BCUT2D eigenvalue weighted by molar-refractivity contribution is 5.94. The molecule has 3 rings (SSSR count). The van der Waals surface area contributed by atoms with Gasteiger partial charge in [0.2, 0.25) is 0 Å². The normalized spacial score (nSPS) is 11.1. The Labute approximate surface area is 114 Å².